The number of nitrogens with one attached hydrogen (secondary N) is 1. The third-order valence-corrected chi connectivity index (χ3v) is 5.81. The fourth-order valence-corrected chi connectivity index (χ4v) is 4.18. The molecular formula is C22H15FN2O5S2. The first-order valence-electron chi connectivity index (χ1n) is 9.18. The fourth-order valence-electron chi connectivity index (χ4n) is 3.02. The van der Waals surface area contributed by atoms with E-state index < -0.39 is 17.7 Å². The second-order valence-electron chi connectivity index (χ2n) is 6.53. The third kappa shape index (κ3) is 4.23. The molecule has 7 nitrogen and oxygen atoms in total. The van der Waals surface area contributed by atoms with Crippen LogP contribution in [0.5, 0.6) is 5.75 Å². The number of anilines is 1. The van der Waals surface area contributed by atoms with Crippen LogP contribution in [0.3, 0.4) is 0 Å². The molecule has 0 radical (unpaired) electrons. The zero-order valence-electron chi connectivity index (χ0n) is 16.5. The minimum absolute atomic E-state index is 0.00875. The lowest BCUT2D eigenvalue weighted by atomic mass is 10.1. The van der Waals surface area contributed by atoms with E-state index in [9.17, 15) is 19.1 Å². The van der Waals surface area contributed by atoms with E-state index in [4.69, 9.17) is 21.4 Å². The monoisotopic (exact) mass is 470 g/mol. The molecule has 0 saturated carbocycles. The molecule has 0 aliphatic carbocycles. The van der Waals surface area contributed by atoms with Crippen LogP contribution in [0.4, 0.5) is 10.1 Å². The van der Waals surface area contributed by atoms with E-state index in [0.717, 1.165) is 16.8 Å². The number of rotatable bonds is 6. The maximum Gasteiger partial charge on any atom is 0.337 e. The summed E-state index contributed by atoms with van der Waals surface area (Å²) < 4.78 is 24.7. The number of halogens is 1. The molecule has 0 unspecified atom stereocenters. The topological polar surface area (TPSA) is 92.0 Å². The average molecular weight is 471 g/mol. The van der Waals surface area contributed by atoms with Crippen LogP contribution in [0.1, 0.15) is 16.1 Å². The number of hydrazine groups is 1. The first-order chi connectivity index (χ1) is 15.4. The first kappa shape index (κ1) is 21.6. The maximum absolute atomic E-state index is 13.5. The van der Waals surface area contributed by atoms with Crippen molar-refractivity contribution in [2.75, 3.05) is 12.5 Å². The summed E-state index contributed by atoms with van der Waals surface area (Å²) in [4.78, 5) is 24.6. The van der Waals surface area contributed by atoms with Crippen LogP contribution in [0, 0.1) is 5.82 Å². The van der Waals surface area contributed by atoms with Gasteiger partial charge in [0.25, 0.3) is 5.91 Å². The second-order valence-corrected chi connectivity index (χ2v) is 8.20. The minimum atomic E-state index is -1.13. The van der Waals surface area contributed by atoms with Gasteiger partial charge in [-0.15, -0.1) is 0 Å². The fraction of sp³-hybridized carbons (Fsp3) is 0.0455. The molecule has 10 heteroatoms. The zero-order chi connectivity index (χ0) is 22.8. The zero-order valence-corrected chi connectivity index (χ0v) is 18.1. The number of carbonyl (C=O) groups is 2. The number of para-hydroxylation sites is 1. The summed E-state index contributed by atoms with van der Waals surface area (Å²) in [6.07, 6.45) is 1.53. The smallest absolute Gasteiger partial charge is 0.337 e. The molecule has 0 bridgehead atoms. The first-order valence-corrected chi connectivity index (χ1v) is 10.4. The van der Waals surface area contributed by atoms with Crippen molar-refractivity contribution in [3.8, 4) is 17.1 Å². The lowest BCUT2D eigenvalue weighted by Crippen LogP contribution is -2.34. The van der Waals surface area contributed by atoms with Gasteiger partial charge < -0.3 is 14.3 Å². The average Bonchev–Trinajstić information content (AvgIpc) is 3.34. The van der Waals surface area contributed by atoms with E-state index >= 15 is 0 Å². The van der Waals surface area contributed by atoms with E-state index in [1.54, 1.807) is 36.4 Å². The summed E-state index contributed by atoms with van der Waals surface area (Å²) in [5.74, 6) is -0.864. The standard InChI is InChI=1S/C22H15FN2O5S2/c1-29-18-10-12(23)6-8-15(18)17-9-7-13(30-17)11-19-20(26)25(22(31)32-19)24-16-5-3-2-4-14(16)21(27)28/h2-11,24H,1H3,(H,27,28)/b19-11+. The van der Waals surface area contributed by atoms with Crippen molar-refractivity contribution in [3.63, 3.8) is 0 Å². The third-order valence-electron chi connectivity index (χ3n) is 4.51. The van der Waals surface area contributed by atoms with Crippen LogP contribution in [-0.2, 0) is 4.79 Å². The molecule has 32 heavy (non-hydrogen) atoms. The highest BCUT2D eigenvalue weighted by Gasteiger charge is 2.33. The number of thiocarbonyl (C=S) groups is 1. The number of carbonyl (C=O) groups excluding carboxylic acids is 1. The van der Waals surface area contributed by atoms with E-state index in [2.05, 4.69) is 5.43 Å². The lowest BCUT2D eigenvalue weighted by molar-refractivity contribution is -0.121. The number of furan rings is 1. The number of hydrogen-bond acceptors (Lipinski definition) is 7. The molecule has 1 amide bonds. The summed E-state index contributed by atoms with van der Waals surface area (Å²) in [5, 5.41) is 10.4. The van der Waals surface area contributed by atoms with Crippen LogP contribution >= 0.6 is 24.0 Å². The Kier molecular flexibility index (Phi) is 5.97. The normalized spacial score (nSPS) is 14.8. The van der Waals surface area contributed by atoms with Crippen molar-refractivity contribution < 1.29 is 28.2 Å². The Balaban J connectivity index is 1.57. The van der Waals surface area contributed by atoms with Crippen molar-refractivity contribution in [2.24, 2.45) is 0 Å². The largest absolute Gasteiger partial charge is 0.496 e. The van der Waals surface area contributed by atoms with E-state index in [1.165, 1.54) is 31.4 Å². The highest BCUT2D eigenvalue weighted by atomic mass is 32.2. The molecule has 1 fully saturated rings. The van der Waals surface area contributed by atoms with E-state index in [1.807, 2.05) is 0 Å². The molecule has 162 valence electrons. The number of thioether (sulfide) groups is 1. The van der Waals surface area contributed by atoms with Crippen LogP contribution in [-0.4, -0.2) is 33.4 Å². The highest BCUT2D eigenvalue weighted by molar-refractivity contribution is 8.26. The quantitative estimate of drug-likeness (QED) is 0.383. The van der Waals surface area contributed by atoms with Crippen LogP contribution in [0.15, 0.2) is 63.9 Å². The Morgan fingerprint density at radius 2 is 2.03 bits per heavy atom. The lowest BCUT2D eigenvalue weighted by Gasteiger charge is -2.18. The molecule has 2 heterocycles. The van der Waals surface area contributed by atoms with Crippen LogP contribution in [0.2, 0.25) is 0 Å². The van der Waals surface area contributed by atoms with Crippen molar-refractivity contribution in [3.05, 3.63) is 76.6 Å². The maximum atomic E-state index is 13.5. The van der Waals surface area contributed by atoms with Gasteiger partial charge in [-0.1, -0.05) is 23.9 Å². The number of benzene rings is 2. The Bertz CT molecular complexity index is 1270. The molecule has 0 spiro atoms. The molecule has 2 aromatic carbocycles. The van der Waals surface area contributed by atoms with Gasteiger partial charge in [-0.05, 0) is 48.6 Å². The molecule has 2 N–H and O–H groups in total. The molecule has 1 aliphatic rings. The highest BCUT2D eigenvalue weighted by Crippen LogP contribution is 2.36. The molecule has 4 rings (SSSR count). The Labute approximate surface area is 191 Å². The van der Waals surface area contributed by atoms with Gasteiger partial charge in [0.1, 0.15) is 23.1 Å². The van der Waals surface area contributed by atoms with Crippen LogP contribution < -0.4 is 10.2 Å². The molecule has 0 atom stereocenters. The summed E-state index contributed by atoms with van der Waals surface area (Å²) in [7, 11) is 1.43. The van der Waals surface area contributed by atoms with Gasteiger partial charge in [-0.3, -0.25) is 10.2 Å². The predicted molar refractivity (Wildman–Crippen MR) is 123 cm³/mol. The molecule has 3 aromatic rings. The van der Waals surface area contributed by atoms with Crippen molar-refractivity contribution in [1.82, 2.24) is 5.01 Å². The number of methoxy groups -OCH3 is 1. The number of carboxylic acid groups (broad SMARTS) is 1. The summed E-state index contributed by atoms with van der Waals surface area (Å²) >= 11 is 6.33. The predicted octanol–water partition coefficient (Wildman–Crippen LogP) is 5.02. The molecule has 1 aliphatic heterocycles. The van der Waals surface area contributed by atoms with E-state index in [0.29, 0.717) is 27.7 Å². The number of nitrogens with zero attached hydrogens (tertiary/aromatic N) is 1. The number of aromatic carboxylic acids is 1. The van der Waals surface area contributed by atoms with Gasteiger partial charge in [0.15, 0.2) is 4.32 Å². The van der Waals surface area contributed by atoms with Gasteiger partial charge in [-0.2, -0.15) is 0 Å². The minimum Gasteiger partial charge on any atom is -0.496 e. The van der Waals surface area contributed by atoms with Crippen molar-refractivity contribution in [1.29, 1.82) is 0 Å². The van der Waals surface area contributed by atoms with Gasteiger partial charge in [0.05, 0.1) is 28.8 Å². The van der Waals surface area contributed by atoms with Gasteiger partial charge >= 0.3 is 5.97 Å². The van der Waals surface area contributed by atoms with Gasteiger partial charge in [0, 0.05) is 12.1 Å². The Morgan fingerprint density at radius 3 is 2.78 bits per heavy atom. The Morgan fingerprint density at radius 1 is 1.25 bits per heavy atom. The molecular weight excluding hydrogens is 455 g/mol. The Hall–Kier alpha value is -3.63. The molecule has 1 saturated heterocycles. The SMILES string of the molecule is COc1cc(F)ccc1-c1ccc(/C=C2/SC(=S)N(Nc3ccccc3C(=O)O)C2=O)o1. The van der Waals surface area contributed by atoms with Crippen molar-refractivity contribution in [2.45, 2.75) is 0 Å². The second kappa shape index (κ2) is 8.85. The van der Waals surface area contributed by atoms with Crippen LogP contribution in [0.25, 0.3) is 17.4 Å². The summed E-state index contributed by atoms with van der Waals surface area (Å²) in [5.41, 5.74) is 3.58. The summed E-state index contributed by atoms with van der Waals surface area (Å²) in [6.45, 7) is 0. The van der Waals surface area contributed by atoms with E-state index in [-0.39, 0.29) is 15.6 Å². The van der Waals surface area contributed by atoms with Gasteiger partial charge in [0.2, 0.25) is 0 Å². The summed E-state index contributed by atoms with van der Waals surface area (Å²) in [6, 6.07) is 13.6. The number of hydrogen-bond donors (Lipinski definition) is 2. The molecule has 1 aromatic heterocycles. The number of amides is 1. The van der Waals surface area contributed by atoms with Crippen molar-refractivity contribution >= 4 is 51.9 Å². The number of carboxylic acids is 1. The number of ether oxygens (including phenoxy) is 1. The van der Waals surface area contributed by atoms with Gasteiger partial charge in [-0.25, -0.2) is 14.2 Å².